The number of hydrogen-bond donors (Lipinski definition) is 0. The maximum atomic E-state index is 12.7. The Balaban J connectivity index is 1.95. The van der Waals surface area contributed by atoms with Gasteiger partial charge in [0.2, 0.25) is 0 Å². The van der Waals surface area contributed by atoms with Crippen LogP contribution in [0.1, 0.15) is 40.0 Å². The molecule has 0 N–H and O–H groups in total. The molecule has 2 nitrogen and oxygen atoms in total. The number of carbonyl (C=O) groups is 2. The summed E-state index contributed by atoms with van der Waals surface area (Å²) >= 11 is 1.95. The van der Waals surface area contributed by atoms with Crippen LogP contribution in [-0.2, 0) is 0 Å². The average Bonchev–Trinajstić information content (AvgIpc) is 2.92. The Hall–Kier alpha value is -1.35. The second-order valence-electron chi connectivity index (χ2n) is 5.42. The molecule has 1 aliphatic heterocycles. The van der Waals surface area contributed by atoms with Crippen LogP contribution in [0.15, 0.2) is 35.4 Å². The fraction of sp³-hybridized carbons (Fsp3) is 0.375. The lowest BCUT2D eigenvalue weighted by atomic mass is 9.70. The Labute approximate surface area is 116 Å². The van der Waals surface area contributed by atoms with E-state index in [0.29, 0.717) is 16.4 Å². The Morgan fingerprint density at radius 3 is 2.68 bits per heavy atom. The zero-order chi connectivity index (χ0) is 13.0. The second kappa shape index (κ2) is 4.07. The normalized spacial score (nSPS) is 29.1. The van der Waals surface area contributed by atoms with Gasteiger partial charge in [-0.05, 0) is 30.6 Å². The zero-order valence-electron chi connectivity index (χ0n) is 10.5. The molecule has 1 aromatic rings. The minimum Gasteiger partial charge on any atom is -0.293 e. The van der Waals surface area contributed by atoms with Gasteiger partial charge in [-0.15, -0.1) is 0 Å². The van der Waals surface area contributed by atoms with E-state index in [-0.39, 0.29) is 17.5 Å². The van der Waals surface area contributed by atoms with Gasteiger partial charge in [0.1, 0.15) is 0 Å². The summed E-state index contributed by atoms with van der Waals surface area (Å²) in [7, 11) is 0. The standard InChI is InChI=1S/C16H14O2S/c17-15-9-3-1-2-4-10(9)16(18)14-11-7-8-19-13(11)6-5-12(14)15/h1-4,12-13H,5-8H2. The van der Waals surface area contributed by atoms with Gasteiger partial charge in [-0.2, -0.15) is 11.8 Å². The number of carbonyl (C=O) groups excluding carboxylic acids is 2. The molecule has 3 heteroatoms. The van der Waals surface area contributed by atoms with Crippen molar-refractivity contribution in [1.82, 2.24) is 0 Å². The highest BCUT2D eigenvalue weighted by atomic mass is 32.2. The minimum absolute atomic E-state index is 0.113. The molecule has 2 aliphatic carbocycles. The Bertz CT molecular complexity index is 629. The smallest absolute Gasteiger partial charge is 0.190 e. The third kappa shape index (κ3) is 1.51. The Morgan fingerprint density at radius 2 is 1.84 bits per heavy atom. The summed E-state index contributed by atoms with van der Waals surface area (Å²) in [6.07, 6.45) is 2.88. The van der Waals surface area contributed by atoms with Crippen LogP contribution in [0.4, 0.5) is 0 Å². The van der Waals surface area contributed by atoms with Crippen LogP contribution in [0, 0.1) is 5.92 Å². The summed E-state index contributed by atoms with van der Waals surface area (Å²) in [6.45, 7) is 0. The molecule has 0 radical (unpaired) electrons. The maximum absolute atomic E-state index is 12.7. The number of allylic oxidation sites excluding steroid dienone is 1. The molecule has 0 saturated carbocycles. The highest BCUT2D eigenvalue weighted by Gasteiger charge is 2.43. The van der Waals surface area contributed by atoms with Crippen molar-refractivity contribution >= 4 is 23.3 Å². The molecular formula is C16H14O2S. The predicted molar refractivity (Wildman–Crippen MR) is 75.7 cm³/mol. The molecule has 0 amide bonds. The first-order valence-electron chi connectivity index (χ1n) is 6.80. The number of Topliss-reactive ketones (excluding diaryl/α,β-unsaturated/α-hetero) is 2. The van der Waals surface area contributed by atoms with E-state index in [1.54, 1.807) is 12.1 Å². The number of rotatable bonds is 0. The quantitative estimate of drug-likeness (QED) is 0.725. The highest BCUT2D eigenvalue weighted by Crippen LogP contribution is 2.47. The van der Waals surface area contributed by atoms with Gasteiger partial charge < -0.3 is 0 Å². The van der Waals surface area contributed by atoms with Gasteiger partial charge >= 0.3 is 0 Å². The second-order valence-corrected chi connectivity index (χ2v) is 6.73. The number of ketones is 2. The molecule has 2 atom stereocenters. The van der Waals surface area contributed by atoms with Crippen LogP contribution < -0.4 is 0 Å². The monoisotopic (exact) mass is 270 g/mol. The lowest BCUT2D eigenvalue weighted by Crippen LogP contribution is -2.34. The van der Waals surface area contributed by atoms with Gasteiger partial charge in [-0.25, -0.2) is 0 Å². The first kappa shape index (κ1) is 11.5. The molecule has 2 unspecified atom stereocenters. The van der Waals surface area contributed by atoms with E-state index in [9.17, 15) is 9.59 Å². The molecule has 1 saturated heterocycles. The molecule has 4 rings (SSSR count). The van der Waals surface area contributed by atoms with E-state index in [1.165, 1.54) is 5.57 Å². The molecule has 0 aromatic heterocycles. The molecule has 19 heavy (non-hydrogen) atoms. The summed E-state index contributed by atoms with van der Waals surface area (Å²) in [6, 6.07) is 7.29. The number of thioether (sulfide) groups is 1. The fourth-order valence-electron chi connectivity index (χ4n) is 3.62. The van der Waals surface area contributed by atoms with Crippen molar-refractivity contribution in [3.05, 3.63) is 46.5 Å². The van der Waals surface area contributed by atoms with Crippen molar-refractivity contribution in [3.63, 3.8) is 0 Å². The average molecular weight is 270 g/mol. The lowest BCUT2D eigenvalue weighted by molar-refractivity contribution is 0.0869. The predicted octanol–water partition coefficient (Wildman–Crippen LogP) is 3.28. The molecule has 1 heterocycles. The number of benzene rings is 1. The van der Waals surface area contributed by atoms with Crippen molar-refractivity contribution in [2.45, 2.75) is 24.5 Å². The first-order chi connectivity index (χ1) is 9.27. The van der Waals surface area contributed by atoms with Crippen molar-refractivity contribution in [2.75, 3.05) is 5.75 Å². The van der Waals surface area contributed by atoms with E-state index >= 15 is 0 Å². The van der Waals surface area contributed by atoms with E-state index < -0.39 is 0 Å². The van der Waals surface area contributed by atoms with Gasteiger partial charge in [-0.3, -0.25) is 9.59 Å². The largest absolute Gasteiger partial charge is 0.293 e. The Morgan fingerprint density at radius 1 is 1.05 bits per heavy atom. The van der Waals surface area contributed by atoms with Gasteiger partial charge in [0.25, 0.3) is 0 Å². The fourth-order valence-corrected chi connectivity index (χ4v) is 4.99. The molecule has 1 fully saturated rings. The number of hydrogen-bond acceptors (Lipinski definition) is 3. The lowest BCUT2D eigenvalue weighted by Gasteiger charge is -2.32. The Kier molecular flexibility index (Phi) is 2.46. The topological polar surface area (TPSA) is 34.1 Å². The first-order valence-corrected chi connectivity index (χ1v) is 7.84. The van der Waals surface area contributed by atoms with E-state index in [0.717, 1.165) is 30.6 Å². The van der Waals surface area contributed by atoms with Crippen LogP contribution in [-0.4, -0.2) is 22.6 Å². The summed E-state index contributed by atoms with van der Waals surface area (Å²) in [5.74, 6) is 1.21. The van der Waals surface area contributed by atoms with Crippen molar-refractivity contribution < 1.29 is 9.59 Å². The summed E-state index contributed by atoms with van der Waals surface area (Å²) < 4.78 is 0. The molecule has 0 bridgehead atoms. The van der Waals surface area contributed by atoms with Gasteiger partial charge in [0.05, 0.1) is 5.92 Å². The van der Waals surface area contributed by atoms with E-state index in [4.69, 9.17) is 0 Å². The van der Waals surface area contributed by atoms with Crippen molar-refractivity contribution in [1.29, 1.82) is 0 Å². The van der Waals surface area contributed by atoms with Crippen molar-refractivity contribution in [3.8, 4) is 0 Å². The molecule has 3 aliphatic rings. The summed E-state index contributed by atoms with van der Waals surface area (Å²) in [5, 5.41) is 0.494. The third-order valence-electron chi connectivity index (χ3n) is 4.49. The molecule has 0 spiro atoms. The molecule has 96 valence electrons. The summed E-state index contributed by atoms with van der Waals surface area (Å²) in [5.41, 5.74) is 3.37. The van der Waals surface area contributed by atoms with Gasteiger partial charge in [0.15, 0.2) is 11.6 Å². The maximum Gasteiger partial charge on any atom is 0.190 e. The minimum atomic E-state index is -0.160. The summed E-state index contributed by atoms with van der Waals surface area (Å²) in [4.78, 5) is 25.3. The van der Waals surface area contributed by atoms with E-state index in [1.807, 2.05) is 23.9 Å². The highest BCUT2D eigenvalue weighted by molar-refractivity contribution is 8.00. The molecule has 1 aromatic carbocycles. The van der Waals surface area contributed by atoms with Crippen LogP contribution >= 0.6 is 11.8 Å². The van der Waals surface area contributed by atoms with Crippen LogP contribution in [0.25, 0.3) is 0 Å². The van der Waals surface area contributed by atoms with Gasteiger partial charge in [-0.1, -0.05) is 24.3 Å². The molecular weight excluding hydrogens is 256 g/mol. The van der Waals surface area contributed by atoms with E-state index in [2.05, 4.69) is 0 Å². The zero-order valence-corrected chi connectivity index (χ0v) is 11.3. The number of fused-ring (bicyclic) bond motifs is 3. The van der Waals surface area contributed by atoms with Gasteiger partial charge in [0, 0.05) is 21.9 Å². The third-order valence-corrected chi connectivity index (χ3v) is 5.85. The van der Waals surface area contributed by atoms with Crippen molar-refractivity contribution in [2.24, 2.45) is 5.92 Å². The van der Waals surface area contributed by atoms with Crippen LogP contribution in [0.5, 0.6) is 0 Å². The van der Waals surface area contributed by atoms with Crippen LogP contribution in [0.3, 0.4) is 0 Å². The SMILES string of the molecule is O=C1C2=C3CCSC3CCC2C(=O)c2ccccc21. The van der Waals surface area contributed by atoms with Crippen LogP contribution in [0.2, 0.25) is 0 Å².